The molecule has 7 nitrogen and oxygen atoms in total. The molecular formula is C18H21N3O4. The second-order valence-electron chi connectivity index (χ2n) is 5.28. The highest BCUT2D eigenvalue weighted by atomic mass is 16.5. The van der Waals surface area contributed by atoms with Crippen LogP contribution in [0, 0.1) is 23.7 Å². The van der Waals surface area contributed by atoms with Crippen LogP contribution in [0.2, 0.25) is 0 Å². The highest BCUT2D eigenvalue weighted by Crippen LogP contribution is 2.05. The quantitative estimate of drug-likeness (QED) is 0.285. The van der Waals surface area contributed by atoms with E-state index >= 15 is 0 Å². The van der Waals surface area contributed by atoms with E-state index in [9.17, 15) is 9.59 Å². The lowest BCUT2D eigenvalue weighted by atomic mass is 10.1. The largest absolute Gasteiger partial charge is 0.381 e. The van der Waals surface area contributed by atoms with E-state index in [4.69, 9.17) is 10.3 Å². The van der Waals surface area contributed by atoms with Gasteiger partial charge in [0.15, 0.2) is 0 Å². The Morgan fingerprint density at radius 2 is 1.76 bits per heavy atom. The maximum Gasteiger partial charge on any atom is 0.267 e. The van der Waals surface area contributed by atoms with Crippen molar-refractivity contribution in [3.63, 3.8) is 0 Å². The molecule has 1 rings (SSSR count). The molecule has 0 aliphatic carbocycles. The highest BCUT2D eigenvalue weighted by Gasteiger charge is 2.26. The molecule has 0 aromatic heterocycles. The number of nitrogens with one attached hydrogen (secondary N) is 3. The Morgan fingerprint density at radius 1 is 1.12 bits per heavy atom. The molecule has 0 saturated carbocycles. The normalized spacial score (nSPS) is 13.2. The molecule has 0 aliphatic rings. The summed E-state index contributed by atoms with van der Waals surface area (Å²) in [5.74, 6) is 9.24. The summed E-state index contributed by atoms with van der Waals surface area (Å²) in [6.07, 6.45) is -0.732. The van der Waals surface area contributed by atoms with Crippen LogP contribution in [0.25, 0.3) is 0 Å². The summed E-state index contributed by atoms with van der Waals surface area (Å²) in [5, 5.41) is 23.2. The third-order valence-electron chi connectivity index (χ3n) is 3.33. The zero-order valence-electron chi connectivity index (χ0n) is 14.3. The molecule has 0 saturated heterocycles. The summed E-state index contributed by atoms with van der Waals surface area (Å²) < 4.78 is 0. The first-order valence-electron chi connectivity index (χ1n) is 7.60. The summed E-state index contributed by atoms with van der Waals surface area (Å²) in [5.41, 5.74) is 2.54. The van der Waals surface area contributed by atoms with E-state index in [0.717, 1.165) is 0 Å². The molecule has 0 radical (unpaired) electrons. The fourth-order valence-corrected chi connectivity index (χ4v) is 1.83. The van der Waals surface area contributed by atoms with E-state index in [1.165, 1.54) is 0 Å². The van der Waals surface area contributed by atoms with Crippen molar-refractivity contribution in [2.45, 2.75) is 32.0 Å². The lowest BCUT2D eigenvalue weighted by Crippen LogP contribution is -2.55. The number of likely N-dealkylation sites (N-methyl/N-ethyl adjacent to an activating group) is 1. The van der Waals surface area contributed by atoms with Gasteiger partial charge in [-0.05, 0) is 57.0 Å². The molecule has 132 valence electrons. The Balaban J connectivity index is 2.82. The van der Waals surface area contributed by atoms with Crippen LogP contribution in [0.15, 0.2) is 24.3 Å². The Bertz CT molecular complexity index is 721. The monoisotopic (exact) mass is 343 g/mol. The molecule has 1 unspecified atom stereocenters. The van der Waals surface area contributed by atoms with E-state index in [0.29, 0.717) is 11.1 Å². The van der Waals surface area contributed by atoms with Gasteiger partial charge < -0.3 is 15.7 Å². The number of aliphatic hydroxyl groups excluding tert-OH is 1. The summed E-state index contributed by atoms with van der Waals surface area (Å²) in [6.45, 7) is 3.24. The van der Waals surface area contributed by atoms with Crippen molar-refractivity contribution in [2.24, 2.45) is 0 Å². The number of carbonyl (C=O) groups excluding carboxylic acids is 2. The molecule has 0 heterocycles. The van der Waals surface area contributed by atoms with Crippen molar-refractivity contribution in [1.82, 2.24) is 16.1 Å². The molecule has 1 aromatic rings. The Morgan fingerprint density at radius 3 is 2.28 bits per heavy atom. The minimum atomic E-state index is -0.933. The number of amides is 2. The molecule has 0 spiro atoms. The third kappa shape index (κ3) is 6.66. The van der Waals surface area contributed by atoms with Crippen molar-refractivity contribution >= 4 is 11.8 Å². The van der Waals surface area contributed by atoms with Crippen molar-refractivity contribution in [1.29, 1.82) is 0 Å². The maximum absolute atomic E-state index is 12.3. The van der Waals surface area contributed by atoms with Crippen LogP contribution in [0.3, 0.4) is 0 Å². The minimum Gasteiger partial charge on any atom is -0.381 e. The van der Waals surface area contributed by atoms with Crippen molar-refractivity contribution in [3.8, 4) is 23.7 Å². The Labute approximate surface area is 146 Å². The van der Waals surface area contributed by atoms with Crippen LogP contribution < -0.4 is 16.1 Å². The molecule has 3 atom stereocenters. The van der Waals surface area contributed by atoms with Crippen LogP contribution in [-0.2, 0) is 4.79 Å². The van der Waals surface area contributed by atoms with Crippen molar-refractivity contribution in [2.75, 3.05) is 7.05 Å². The number of benzene rings is 1. The maximum atomic E-state index is 12.3. The summed E-state index contributed by atoms with van der Waals surface area (Å²) in [4.78, 5) is 23.9. The van der Waals surface area contributed by atoms with E-state index in [1.54, 1.807) is 50.6 Å². The van der Waals surface area contributed by atoms with Crippen LogP contribution >= 0.6 is 0 Å². The molecular weight excluding hydrogens is 322 g/mol. The van der Waals surface area contributed by atoms with Gasteiger partial charge in [-0.3, -0.25) is 14.8 Å². The number of rotatable bonds is 5. The molecule has 1 aromatic carbocycles. The van der Waals surface area contributed by atoms with E-state index in [2.05, 4.69) is 34.3 Å². The zero-order chi connectivity index (χ0) is 18.8. The SMILES string of the molecule is CN[C@H](C)[C@H](NC(=O)c1ccc(C#CC#CC(C)O)cc1)C(=O)NO. The van der Waals surface area contributed by atoms with Crippen molar-refractivity contribution < 1.29 is 19.9 Å². The van der Waals surface area contributed by atoms with Gasteiger partial charge in [-0.2, -0.15) is 0 Å². The highest BCUT2D eigenvalue weighted by molar-refractivity contribution is 5.97. The van der Waals surface area contributed by atoms with Crippen LogP contribution in [0.4, 0.5) is 0 Å². The topological polar surface area (TPSA) is 111 Å². The summed E-state index contributed by atoms with van der Waals surface area (Å²) in [6, 6.07) is 5.12. The predicted octanol–water partition coefficient (Wildman–Crippen LogP) is -0.366. The van der Waals surface area contributed by atoms with E-state index in [-0.39, 0.29) is 6.04 Å². The zero-order valence-corrected chi connectivity index (χ0v) is 14.3. The van der Waals surface area contributed by atoms with Gasteiger partial charge >= 0.3 is 0 Å². The summed E-state index contributed by atoms with van der Waals surface area (Å²) in [7, 11) is 1.64. The minimum absolute atomic E-state index is 0.347. The smallest absolute Gasteiger partial charge is 0.267 e. The van der Waals surface area contributed by atoms with Gasteiger partial charge in [-0.15, -0.1) is 0 Å². The first-order chi connectivity index (χ1) is 11.9. The van der Waals surface area contributed by atoms with Gasteiger partial charge in [0, 0.05) is 17.2 Å². The fourth-order valence-electron chi connectivity index (χ4n) is 1.83. The molecule has 7 heteroatoms. The number of hydroxylamine groups is 1. The number of hydrogen-bond acceptors (Lipinski definition) is 5. The first kappa shape index (κ1) is 20.2. The molecule has 25 heavy (non-hydrogen) atoms. The van der Waals surface area contributed by atoms with E-state index in [1.807, 2.05) is 0 Å². The van der Waals surface area contributed by atoms with Gasteiger partial charge in [0.25, 0.3) is 11.8 Å². The average molecular weight is 343 g/mol. The van der Waals surface area contributed by atoms with Crippen LogP contribution in [0.5, 0.6) is 0 Å². The third-order valence-corrected chi connectivity index (χ3v) is 3.33. The van der Waals surface area contributed by atoms with Gasteiger partial charge in [0.2, 0.25) is 0 Å². The Kier molecular flexibility index (Phi) is 8.17. The second kappa shape index (κ2) is 10.1. The molecule has 0 fully saturated rings. The first-order valence-corrected chi connectivity index (χ1v) is 7.60. The molecule has 0 aliphatic heterocycles. The van der Waals surface area contributed by atoms with E-state index < -0.39 is 24.0 Å². The van der Waals surface area contributed by atoms with Gasteiger partial charge in [-0.1, -0.05) is 11.8 Å². The second-order valence-corrected chi connectivity index (χ2v) is 5.28. The number of carbonyl (C=O) groups is 2. The van der Waals surface area contributed by atoms with Crippen LogP contribution in [0.1, 0.15) is 29.8 Å². The summed E-state index contributed by atoms with van der Waals surface area (Å²) >= 11 is 0. The van der Waals surface area contributed by atoms with Gasteiger partial charge in [0.1, 0.15) is 12.1 Å². The lowest BCUT2D eigenvalue weighted by Gasteiger charge is -2.22. The van der Waals surface area contributed by atoms with Crippen LogP contribution in [-0.4, -0.2) is 47.4 Å². The number of hydrogen-bond donors (Lipinski definition) is 5. The number of aliphatic hydroxyl groups is 1. The molecule has 2 amide bonds. The fraction of sp³-hybridized carbons (Fsp3) is 0.333. The average Bonchev–Trinajstić information content (AvgIpc) is 2.62. The van der Waals surface area contributed by atoms with Crippen molar-refractivity contribution in [3.05, 3.63) is 35.4 Å². The lowest BCUT2D eigenvalue weighted by molar-refractivity contribution is -0.131. The Hall–Kier alpha value is -2.84. The standard InChI is InChI=1S/C18H21N3O4/c1-12(22)6-4-5-7-14-8-10-15(11-9-14)17(23)20-16(13(2)19-3)18(24)21-25/h8-13,16,19,22,25H,1-3H3,(H,20,23)(H,21,24)/t12?,13-,16+/m1/s1. The predicted molar refractivity (Wildman–Crippen MR) is 92.5 cm³/mol. The molecule has 0 bridgehead atoms. The van der Waals surface area contributed by atoms with Gasteiger partial charge in [0.05, 0.1) is 0 Å². The van der Waals surface area contributed by atoms with Gasteiger partial charge in [-0.25, -0.2) is 5.48 Å². The molecule has 5 N–H and O–H groups in total.